The van der Waals surface area contributed by atoms with Gasteiger partial charge in [-0.2, -0.15) is 0 Å². The van der Waals surface area contributed by atoms with Crippen LogP contribution in [-0.2, 0) is 58.3 Å². The molecule has 28 nitrogen and oxygen atoms in total. The third-order valence-corrected chi connectivity index (χ3v) is 28.3. The second-order valence-electron chi connectivity index (χ2n) is 36.4. The minimum atomic E-state index is -0.732. The molecule has 12 aliphatic heterocycles. The van der Waals surface area contributed by atoms with Crippen LogP contribution < -0.4 is 32.9 Å². The van der Waals surface area contributed by atoms with Gasteiger partial charge in [0, 0.05) is 200 Å². The van der Waals surface area contributed by atoms with Gasteiger partial charge in [0.15, 0.2) is 0 Å². The number of rotatable bonds is 19. The minimum Gasteiger partial charge on any atom is -0.375 e. The van der Waals surface area contributed by atoms with Crippen molar-refractivity contribution < 1.29 is 105 Å². The van der Waals surface area contributed by atoms with E-state index in [1.165, 1.54) is 140 Å². The molecule has 4 unspecified atom stereocenters. The normalized spacial score (nSPS) is 24.3. The first kappa shape index (κ1) is 96.1. The number of halogens is 6. The van der Waals surface area contributed by atoms with Gasteiger partial charge in [-0.15, -0.1) is 0 Å². The predicted octanol–water partition coefficient (Wildman–Crippen LogP) is 12.9. The van der Waals surface area contributed by atoms with Crippen molar-refractivity contribution in [2.24, 2.45) is 10.8 Å². The summed E-state index contributed by atoms with van der Waals surface area (Å²) in [6.45, 7) is 11.6. The van der Waals surface area contributed by atoms with Crippen LogP contribution in [0.1, 0.15) is 263 Å². The summed E-state index contributed by atoms with van der Waals surface area (Å²) in [6, 6.07) is 27.8. The molecule has 14 fully saturated rings. The van der Waals surface area contributed by atoms with Gasteiger partial charge in [-0.3, -0.25) is 99.0 Å². The van der Waals surface area contributed by atoms with Crippen LogP contribution in [0.2, 0.25) is 0 Å². The number of carbonyl (C=O) groups excluding carboxylic acids is 8. The quantitative estimate of drug-likeness (QED) is 0.0204. The number of Topliss-reactive ketones (excluding diaryl/α,β-unsaturated/α-hetero) is 2. The van der Waals surface area contributed by atoms with Crippen LogP contribution in [0.3, 0.4) is 0 Å². The molecule has 12 N–H and O–H groups in total. The highest BCUT2D eigenvalue weighted by molar-refractivity contribution is 5.96. The molecule has 2 saturated carbocycles. The third kappa shape index (κ3) is 23.8. The van der Waals surface area contributed by atoms with Gasteiger partial charge in [0.1, 0.15) is 46.5 Å². The first-order chi connectivity index (χ1) is 61.7. The monoisotopic (exact) mass is 1780 g/mol. The van der Waals surface area contributed by atoms with Crippen molar-refractivity contribution in [3.63, 3.8) is 0 Å². The van der Waals surface area contributed by atoms with Crippen LogP contribution >= 0.6 is 0 Å². The molecule has 6 amide bonds. The maximum absolute atomic E-state index is 14.2. The Bertz CT molecular complexity index is 4780. The fourth-order valence-corrected chi connectivity index (χ4v) is 21.6. The van der Waals surface area contributed by atoms with Crippen molar-refractivity contribution in [2.75, 3.05) is 45.9 Å². The number of morpholine rings is 2. The number of piperidine rings is 6. The Balaban J connectivity index is 0.000000131. The number of fused-ring (bicyclic) bond motifs is 10. The number of hydrogen-bond acceptors (Lipinski definition) is 22. The summed E-state index contributed by atoms with van der Waals surface area (Å²) >= 11 is 0. The van der Waals surface area contributed by atoms with Gasteiger partial charge in [0.05, 0.1) is 25.4 Å². The zero-order chi connectivity index (χ0) is 90.9. The van der Waals surface area contributed by atoms with Gasteiger partial charge >= 0.3 is 0 Å². The Morgan fingerprint density at radius 2 is 0.664 bits per heavy atom. The summed E-state index contributed by atoms with van der Waals surface area (Å²) in [5.74, 6) is -6.18. The number of carbonyl (C=O) groups is 8. The molecule has 0 aromatic heterocycles. The zero-order valence-electron chi connectivity index (χ0n) is 72.2. The number of amides is 6. The highest BCUT2D eigenvalue weighted by Gasteiger charge is 2.52. The van der Waals surface area contributed by atoms with E-state index >= 15 is 0 Å². The Morgan fingerprint density at radius 3 is 0.969 bits per heavy atom. The summed E-state index contributed by atoms with van der Waals surface area (Å²) in [4.78, 5) is 105. The molecular weight excluding hydrogens is 1670 g/mol. The lowest BCUT2D eigenvalue weighted by molar-refractivity contribution is -0.127. The number of hydrogen-bond donors (Lipinski definition) is 12. The lowest BCUT2D eigenvalue weighted by Crippen LogP contribution is -2.62. The number of nitrogens with one attached hydrogen (secondary N) is 6. The molecule has 12 heterocycles. The summed E-state index contributed by atoms with van der Waals surface area (Å²) < 4.78 is 96.0. The summed E-state index contributed by atoms with van der Waals surface area (Å²) in [6.07, 6.45) is 27.7. The molecule has 9 atom stereocenters. The minimum absolute atomic E-state index is 0.0792. The largest absolute Gasteiger partial charge is 0.375 e. The molecule has 2 aliphatic carbocycles. The molecule has 8 bridgehead atoms. The standard InChI is InChI=1S/C18H25FN2O2.C17H23FN2O2.C16H19FN2O3.C15H17FN2O3.2C14H17FN2O3/c19-16-11-14(17(22)20-23)5-6-15(16)12-21-10-4-9-18(13-21)7-2-1-3-8-18;1-2-15-17(7-3-4-8-17)11-20(15)10-13-6-5-12(9-14(13)18)16(21)19-22;17-15-6-10(16(21)18-22)4-5-11(15)9-19-12-2-1-3-13(19)8-14(20)7-12;16-14-5-9(15(20)17-21)1-2-10(14)8-18-11-3-4-12(18)7-13(19)6-11;2*15-13-5-9(14(18)16-19)1-2-10(13)6-17-7-12-4-3-11(17)8-20-12/h5-6,11,23H,1-4,7-10,12-13H2,(H,20,22);5-6,9,15,22H,2-4,7-8,10-11H2,1H3,(H,19,21);4-6,12-13,22H,1-3,7-9H2,(H,18,21);1-2,5,11-12,21H,3-4,6-8H2,(H,17,20);2*1-2,5,11-12,19H,3-4,6-8H2,(H,16,18)/t;15-;;;2*11-,12-/m.1..10/s1. The Hall–Kier alpha value is -9.50. The highest BCUT2D eigenvalue weighted by atomic mass is 19.1. The van der Waals surface area contributed by atoms with E-state index in [4.69, 9.17) is 40.7 Å². The number of ketones is 2. The van der Waals surface area contributed by atoms with Crippen LogP contribution in [0, 0.1) is 45.7 Å². The van der Waals surface area contributed by atoms with Crippen molar-refractivity contribution in [3.05, 3.63) is 211 Å². The van der Waals surface area contributed by atoms with Crippen molar-refractivity contribution in [1.82, 2.24) is 62.3 Å². The van der Waals surface area contributed by atoms with E-state index in [1.54, 1.807) is 48.5 Å². The summed E-state index contributed by atoms with van der Waals surface area (Å²) in [7, 11) is 0. The van der Waals surface area contributed by atoms with Crippen LogP contribution in [0.4, 0.5) is 26.3 Å². The second-order valence-corrected chi connectivity index (χ2v) is 36.4. The topological polar surface area (TPSA) is 368 Å². The zero-order valence-corrected chi connectivity index (χ0v) is 72.2. The summed E-state index contributed by atoms with van der Waals surface area (Å²) in [5.41, 5.74) is 14.0. The first-order valence-electron chi connectivity index (χ1n) is 44.8. The molecule has 6 aromatic carbocycles. The molecule has 0 radical (unpaired) electrons. The second kappa shape index (κ2) is 44.4. The maximum Gasteiger partial charge on any atom is 0.274 e. The SMILES string of the molecule is CC[C@H]1N(Cc2ccc(C(=O)NO)cc2F)CC12CCCC2.O=C(NO)c1ccc(CN2CCCC3(CCCCC3)C2)c(F)c1.O=C(NO)c1ccc(CN2C[C@@H]3CC[C@H]2CO3)c(F)c1.O=C(NO)c1ccc(CN2C[C@H]3CC[C@@H]2CO3)c(F)c1.O=C1CC2CCC(C1)N2Cc1ccc(C(=O)NO)cc1F.O=C1CC2CCCC(C1)N2Cc1ccc(C(=O)NO)cc1F. The smallest absolute Gasteiger partial charge is 0.274 e. The molecule has 34 heteroatoms. The molecule has 20 rings (SSSR count). The molecule has 14 aliphatic rings. The summed E-state index contributed by atoms with van der Waals surface area (Å²) in [5, 5.41) is 51.4. The first-order valence-corrected chi connectivity index (χ1v) is 44.8. The number of benzene rings is 6. The van der Waals surface area contributed by atoms with E-state index in [0.717, 1.165) is 134 Å². The average molecular weight is 1790 g/mol. The van der Waals surface area contributed by atoms with Crippen molar-refractivity contribution in [1.29, 1.82) is 0 Å². The number of nitrogens with zero attached hydrogens (tertiary/aromatic N) is 6. The van der Waals surface area contributed by atoms with Gasteiger partial charge in [0.2, 0.25) is 0 Å². The number of likely N-dealkylation sites (tertiary alicyclic amines) is 2. The average Bonchev–Trinajstić information content (AvgIpc) is 1.28. The fourth-order valence-electron chi connectivity index (χ4n) is 21.6. The predicted molar refractivity (Wildman–Crippen MR) is 453 cm³/mol. The number of ether oxygens (including phenoxy) is 2. The molecule has 2 spiro atoms. The van der Waals surface area contributed by atoms with Crippen molar-refractivity contribution in [3.8, 4) is 0 Å². The van der Waals surface area contributed by atoms with Crippen molar-refractivity contribution >= 4 is 47.0 Å². The molecular formula is C94H118F6N12O16. The van der Waals surface area contributed by atoms with E-state index in [2.05, 4.69) is 36.3 Å². The lowest BCUT2D eigenvalue weighted by atomic mass is 9.69. The third-order valence-electron chi connectivity index (χ3n) is 28.3. The molecule has 6 aromatic rings. The van der Waals surface area contributed by atoms with E-state index < -0.39 is 58.7 Å². The maximum atomic E-state index is 14.2. The van der Waals surface area contributed by atoms with Crippen LogP contribution in [0.25, 0.3) is 0 Å². The highest BCUT2D eigenvalue weighted by Crippen LogP contribution is 2.52. The van der Waals surface area contributed by atoms with E-state index in [-0.39, 0.29) is 81.4 Å². The van der Waals surface area contributed by atoms with Gasteiger partial charge in [-0.1, -0.05) is 81.8 Å². The van der Waals surface area contributed by atoms with Crippen LogP contribution in [0.15, 0.2) is 109 Å². The van der Waals surface area contributed by atoms with Gasteiger partial charge < -0.3 is 9.47 Å². The van der Waals surface area contributed by atoms with E-state index in [0.29, 0.717) is 139 Å². The molecule has 128 heavy (non-hydrogen) atoms. The van der Waals surface area contributed by atoms with Crippen LogP contribution in [0.5, 0.6) is 0 Å². The Labute approximate surface area is 740 Å². The van der Waals surface area contributed by atoms with Gasteiger partial charge in [-0.25, -0.2) is 59.2 Å². The van der Waals surface area contributed by atoms with E-state index in [1.807, 2.05) is 0 Å². The number of hydroxylamine groups is 6. The fraction of sp³-hybridized carbons (Fsp3) is 0.532. The lowest BCUT2D eigenvalue weighted by Gasteiger charge is -2.56. The van der Waals surface area contributed by atoms with Crippen LogP contribution in [-0.4, -0.2) is 208 Å². The Morgan fingerprint density at radius 1 is 0.359 bits per heavy atom. The van der Waals surface area contributed by atoms with E-state index in [9.17, 15) is 64.7 Å². The van der Waals surface area contributed by atoms with Gasteiger partial charge in [-0.05, 0) is 186 Å². The Kier molecular flexibility index (Phi) is 33.3. The van der Waals surface area contributed by atoms with Crippen molar-refractivity contribution in [2.45, 2.75) is 261 Å². The van der Waals surface area contributed by atoms with Gasteiger partial charge in [0.25, 0.3) is 35.4 Å². The molecule has 692 valence electrons. The molecule has 12 saturated heterocycles.